The Balaban J connectivity index is -0.000000845. The van der Waals surface area contributed by atoms with E-state index in [0.29, 0.717) is 6.42 Å². The van der Waals surface area contributed by atoms with E-state index in [9.17, 15) is 14.4 Å². The van der Waals surface area contributed by atoms with Gasteiger partial charge in [0.25, 0.3) is 0 Å². The fourth-order valence-corrected chi connectivity index (χ4v) is 1.08. The van der Waals surface area contributed by atoms with Crippen LogP contribution < -0.4 is 29.6 Å². The SMILES string of the molecule is CCC(C(=O)C(=O)OC(C)=O)C(C)O.[H-].[Na+]. The van der Waals surface area contributed by atoms with Crippen LogP contribution in [0.25, 0.3) is 0 Å². The van der Waals surface area contributed by atoms with Gasteiger partial charge in [-0.25, -0.2) is 4.79 Å². The van der Waals surface area contributed by atoms with Crippen LogP contribution in [0.1, 0.15) is 28.6 Å². The van der Waals surface area contributed by atoms with Crippen LogP contribution in [0, 0.1) is 5.92 Å². The summed E-state index contributed by atoms with van der Waals surface area (Å²) in [5, 5.41) is 9.15. The molecule has 0 bridgehead atoms. The number of esters is 2. The largest absolute Gasteiger partial charge is 1.00 e. The molecule has 2 atom stereocenters. The molecule has 0 aliphatic rings. The van der Waals surface area contributed by atoms with E-state index in [1.165, 1.54) is 6.92 Å². The predicted octanol–water partition coefficient (Wildman–Crippen LogP) is -2.83. The molecular formula is C9H15NaO5. The molecule has 0 saturated carbocycles. The number of ether oxygens (including phenoxy) is 1. The molecule has 0 radical (unpaired) electrons. The van der Waals surface area contributed by atoms with Crippen molar-refractivity contribution in [1.82, 2.24) is 0 Å². The first-order chi connectivity index (χ1) is 6.40. The Labute approximate surface area is 112 Å². The van der Waals surface area contributed by atoms with Gasteiger partial charge in [-0.1, -0.05) is 6.92 Å². The summed E-state index contributed by atoms with van der Waals surface area (Å²) in [6.07, 6.45) is -0.601. The molecule has 0 aromatic carbocycles. The predicted molar refractivity (Wildman–Crippen MR) is 48.4 cm³/mol. The van der Waals surface area contributed by atoms with Crippen LogP contribution in [0.5, 0.6) is 0 Å². The molecule has 0 rings (SSSR count). The number of ketones is 1. The topological polar surface area (TPSA) is 80.7 Å². The maximum absolute atomic E-state index is 11.3. The molecule has 5 nitrogen and oxygen atoms in total. The van der Waals surface area contributed by atoms with Gasteiger partial charge in [-0.2, -0.15) is 0 Å². The maximum atomic E-state index is 11.3. The quantitative estimate of drug-likeness (QED) is 0.242. The van der Waals surface area contributed by atoms with Crippen LogP contribution in [-0.4, -0.2) is 28.9 Å². The van der Waals surface area contributed by atoms with Crippen LogP contribution in [0.3, 0.4) is 0 Å². The van der Waals surface area contributed by atoms with Gasteiger partial charge in [-0.05, 0) is 13.3 Å². The van der Waals surface area contributed by atoms with Crippen LogP contribution in [0.15, 0.2) is 0 Å². The Morgan fingerprint density at radius 2 is 1.87 bits per heavy atom. The second-order valence-corrected chi connectivity index (χ2v) is 3.00. The standard InChI is InChI=1S/C9H14O5.Na.H/c1-4-7(5(2)10)8(12)9(13)14-6(3)11;;/h5,7,10H,4H2,1-3H3;;/q;+1;-1. The summed E-state index contributed by atoms with van der Waals surface area (Å²) in [6, 6.07) is 0. The first kappa shape index (κ1) is 17.2. The van der Waals surface area contributed by atoms with Gasteiger partial charge in [0, 0.05) is 6.92 Å². The summed E-state index contributed by atoms with van der Waals surface area (Å²) < 4.78 is 4.11. The summed E-state index contributed by atoms with van der Waals surface area (Å²) in [6.45, 7) is 4.11. The van der Waals surface area contributed by atoms with Gasteiger partial charge in [-0.15, -0.1) is 0 Å². The van der Waals surface area contributed by atoms with E-state index in [2.05, 4.69) is 4.74 Å². The van der Waals surface area contributed by atoms with Gasteiger partial charge in [0.15, 0.2) is 0 Å². The monoisotopic (exact) mass is 226 g/mol. The molecule has 15 heavy (non-hydrogen) atoms. The van der Waals surface area contributed by atoms with Crippen molar-refractivity contribution in [3.63, 3.8) is 0 Å². The zero-order valence-corrected chi connectivity index (χ0v) is 11.4. The minimum Gasteiger partial charge on any atom is -1.00 e. The molecule has 1 N–H and O–H groups in total. The van der Waals surface area contributed by atoms with Crippen molar-refractivity contribution in [2.24, 2.45) is 5.92 Å². The average molecular weight is 226 g/mol. The normalized spacial score (nSPS) is 13.3. The van der Waals surface area contributed by atoms with Gasteiger partial charge in [0.2, 0.25) is 5.78 Å². The number of aliphatic hydroxyl groups excluding tert-OH is 1. The average Bonchev–Trinajstić information content (AvgIpc) is 2.03. The van der Waals surface area contributed by atoms with E-state index in [1.807, 2.05) is 0 Å². The molecule has 0 heterocycles. The number of carbonyl (C=O) groups excluding carboxylic acids is 3. The molecule has 82 valence electrons. The van der Waals surface area contributed by atoms with Crippen molar-refractivity contribution >= 4 is 17.7 Å². The van der Waals surface area contributed by atoms with Crippen molar-refractivity contribution in [2.45, 2.75) is 33.3 Å². The first-order valence-corrected chi connectivity index (χ1v) is 4.34. The van der Waals surface area contributed by atoms with Crippen molar-refractivity contribution in [3.05, 3.63) is 0 Å². The van der Waals surface area contributed by atoms with Crippen molar-refractivity contribution < 1.29 is 55.2 Å². The van der Waals surface area contributed by atoms with E-state index >= 15 is 0 Å². The molecule has 2 unspecified atom stereocenters. The zero-order chi connectivity index (χ0) is 11.3. The summed E-state index contributed by atoms with van der Waals surface area (Å²) in [5.41, 5.74) is 0. The second kappa shape index (κ2) is 7.98. The fourth-order valence-electron chi connectivity index (χ4n) is 1.08. The summed E-state index contributed by atoms with van der Waals surface area (Å²) in [4.78, 5) is 32.6. The number of aliphatic hydroxyl groups is 1. The van der Waals surface area contributed by atoms with Gasteiger partial charge in [0.1, 0.15) is 0 Å². The second-order valence-electron chi connectivity index (χ2n) is 3.00. The Hall–Kier alpha value is -0.230. The molecule has 0 spiro atoms. The smallest absolute Gasteiger partial charge is 1.00 e. The van der Waals surface area contributed by atoms with E-state index in [-0.39, 0.29) is 31.0 Å². The number of Topliss-reactive ketones (excluding diaryl/α,β-unsaturated/α-hetero) is 1. The Morgan fingerprint density at radius 3 is 2.13 bits per heavy atom. The van der Waals surface area contributed by atoms with E-state index in [1.54, 1.807) is 6.92 Å². The van der Waals surface area contributed by atoms with E-state index in [4.69, 9.17) is 5.11 Å². The molecule has 0 amide bonds. The molecule has 0 saturated heterocycles. The molecular weight excluding hydrogens is 211 g/mol. The molecule has 6 heteroatoms. The zero-order valence-electron chi connectivity index (χ0n) is 10.4. The number of rotatable bonds is 4. The third-order valence-corrected chi connectivity index (χ3v) is 1.80. The van der Waals surface area contributed by atoms with Crippen LogP contribution in [0.4, 0.5) is 0 Å². The number of hydrogen-bond donors (Lipinski definition) is 1. The van der Waals surface area contributed by atoms with Gasteiger partial charge >= 0.3 is 41.5 Å². The third kappa shape index (κ3) is 6.04. The summed E-state index contributed by atoms with van der Waals surface area (Å²) in [5.74, 6) is -3.70. The molecule has 0 aromatic rings. The van der Waals surface area contributed by atoms with E-state index in [0.717, 1.165) is 6.92 Å². The van der Waals surface area contributed by atoms with Gasteiger partial charge in [-0.3, -0.25) is 9.59 Å². The van der Waals surface area contributed by atoms with Crippen molar-refractivity contribution in [2.75, 3.05) is 0 Å². The van der Waals surface area contributed by atoms with Crippen LogP contribution in [0.2, 0.25) is 0 Å². The molecule has 0 aliphatic carbocycles. The minimum absolute atomic E-state index is 0. The number of carbonyl (C=O) groups is 3. The maximum Gasteiger partial charge on any atom is 1.00 e. The molecule has 0 aromatic heterocycles. The van der Waals surface area contributed by atoms with Gasteiger partial charge in [0.05, 0.1) is 12.0 Å². The first-order valence-electron chi connectivity index (χ1n) is 4.34. The number of hydrogen-bond acceptors (Lipinski definition) is 5. The van der Waals surface area contributed by atoms with Crippen LogP contribution >= 0.6 is 0 Å². The van der Waals surface area contributed by atoms with Gasteiger partial charge < -0.3 is 11.3 Å². The minimum atomic E-state index is -1.20. The third-order valence-electron chi connectivity index (χ3n) is 1.80. The summed E-state index contributed by atoms with van der Waals surface area (Å²) >= 11 is 0. The Morgan fingerprint density at radius 1 is 1.40 bits per heavy atom. The Kier molecular flexibility index (Phi) is 9.14. The van der Waals surface area contributed by atoms with Crippen molar-refractivity contribution in [3.8, 4) is 0 Å². The van der Waals surface area contributed by atoms with E-state index < -0.39 is 29.7 Å². The van der Waals surface area contributed by atoms with Crippen molar-refractivity contribution in [1.29, 1.82) is 0 Å². The fraction of sp³-hybridized carbons (Fsp3) is 0.667. The van der Waals surface area contributed by atoms with Crippen LogP contribution in [-0.2, 0) is 19.1 Å². The Bertz CT molecular complexity index is 254. The molecule has 0 aliphatic heterocycles. The summed E-state index contributed by atoms with van der Waals surface area (Å²) in [7, 11) is 0. The molecule has 0 fully saturated rings.